The van der Waals surface area contributed by atoms with E-state index < -0.39 is 0 Å². The average molecular weight is 293 g/mol. The van der Waals surface area contributed by atoms with Crippen LogP contribution in [0.1, 0.15) is 16.8 Å². The number of furan rings is 1. The predicted octanol–water partition coefficient (Wildman–Crippen LogP) is 2.75. The fraction of sp³-hybridized carbons (Fsp3) is 0.176. The van der Waals surface area contributed by atoms with E-state index in [-0.39, 0.29) is 5.91 Å². The van der Waals surface area contributed by atoms with Gasteiger partial charge in [-0.3, -0.25) is 9.89 Å². The van der Waals surface area contributed by atoms with Crippen LogP contribution < -0.4 is 0 Å². The Morgan fingerprint density at radius 3 is 2.86 bits per heavy atom. The molecule has 0 fully saturated rings. The van der Waals surface area contributed by atoms with Crippen molar-refractivity contribution in [3.8, 4) is 11.3 Å². The molecule has 22 heavy (non-hydrogen) atoms. The second-order valence-electron chi connectivity index (χ2n) is 5.45. The number of H-pyrrole nitrogens is 1. The molecule has 0 atom stereocenters. The quantitative estimate of drug-likeness (QED) is 0.807. The number of nitrogens with one attached hydrogen (secondary N) is 1. The fourth-order valence-electron chi connectivity index (χ4n) is 2.85. The highest BCUT2D eigenvalue weighted by molar-refractivity contribution is 5.83. The van der Waals surface area contributed by atoms with Crippen LogP contribution in [-0.2, 0) is 24.3 Å². The third-order valence-corrected chi connectivity index (χ3v) is 3.99. The van der Waals surface area contributed by atoms with Crippen LogP contribution in [0.25, 0.3) is 11.3 Å². The van der Waals surface area contributed by atoms with E-state index in [0.717, 1.165) is 28.1 Å². The molecule has 0 aliphatic carbocycles. The molecule has 5 nitrogen and oxygen atoms in total. The van der Waals surface area contributed by atoms with Crippen molar-refractivity contribution in [2.24, 2.45) is 0 Å². The SMILES string of the molecule is O=C1Cc2c(-c3ccoc3)n[nH]c2CN1Cc1ccccc1. The maximum absolute atomic E-state index is 12.4. The lowest BCUT2D eigenvalue weighted by atomic mass is 10.0. The third-order valence-electron chi connectivity index (χ3n) is 3.99. The van der Waals surface area contributed by atoms with E-state index >= 15 is 0 Å². The second kappa shape index (κ2) is 5.18. The maximum Gasteiger partial charge on any atom is 0.227 e. The van der Waals surface area contributed by atoms with E-state index in [1.165, 1.54) is 0 Å². The molecule has 1 aliphatic heterocycles. The first kappa shape index (κ1) is 12.9. The molecule has 0 spiro atoms. The van der Waals surface area contributed by atoms with Gasteiger partial charge in [0.05, 0.1) is 36.9 Å². The van der Waals surface area contributed by atoms with Crippen molar-refractivity contribution in [2.45, 2.75) is 19.5 Å². The largest absolute Gasteiger partial charge is 0.472 e. The number of nitrogens with zero attached hydrogens (tertiary/aromatic N) is 2. The van der Waals surface area contributed by atoms with Crippen molar-refractivity contribution in [3.05, 3.63) is 65.7 Å². The van der Waals surface area contributed by atoms with Gasteiger partial charge in [-0.05, 0) is 11.6 Å². The van der Waals surface area contributed by atoms with E-state index in [0.29, 0.717) is 19.5 Å². The zero-order valence-corrected chi connectivity index (χ0v) is 12.0. The Bertz CT molecular complexity index is 791. The summed E-state index contributed by atoms with van der Waals surface area (Å²) >= 11 is 0. The van der Waals surface area contributed by atoms with Crippen LogP contribution in [0.3, 0.4) is 0 Å². The zero-order valence-electron chi connectivity index (χ0n) is 12.0. The molecule has 2 aromatic heterocycles. The molecule has 0 unspecified atom stereocenters. The standard InChI is InChI=1S/C17H15N3O2/c21-16-8-14-15(18-19-17(14)13-6-7-22-11-13)10-20(16)9-12-4-2-1-3-5-12/h1-7,11H,8-10H2,(H,18,19). The van der Waals surface area contributed by atoms with E-state index in [4.69, 9.17) is 4.42 Å². The Hall–Kier alpha value is -2.82. The average Bonchev–Trinajstić information content (AvgIpc) is 3.18. The number of benzene rings is 1. The summed E-state index contributed by atoms with van der Waals surface area (Å²) in [7, 11) is 0. The summed E-state index contributed by atoms with van der Waals surface area (Å²) in [6.07, 6.45) is 3.64. The minimum atomic E-state index is 0.127. The molecule has 1 aromatic carbocycles. The van der Waals surface area contributed by atoms with Crippen LogP contribution in [0.2, 0.25) is 0 Å². The van der Waals surface area contributed by atoms with E-state index in [9.17, 15) is 4.79 Å². The van der Waals surface area contributed by atoms with Gasteiger partial charge < -0.3 is 9.32 Å². The lowest BCUT2D eigenvalue weighted by molar-refractivity contribution is -0.132. The van der Waals surface area contributed by atoms with Crippen molar-refractivity contribution in [3.63, 3.8) is 0 Å². The molecule has 5 heteroatoms. The molecule has 1 amide bonds. The second-order valence-corrected chi connectivity index (χ2v) is 5.45. The number of amides is 1. The van der Waals surface area contributed by atoms with Gasteiger partial charge in [-0.1, -0.05) is 30.3 Å². The molecule has 0 bridgehead atoms. The monoisotopic (exact) mass is 293 g/mol. The number of hydrogen-bond donors (Lipinski definition) is 1. The highest BCUT2D eigenvalue weighted by Crippen LogP contribution is 2.29. The van der Waals surface area contributed by atoms with Crippen molar-refractivity contribution in [2.75, 3.05) is 0 Å². The summed E-state index contributed by atoms with van der Waals surface area (Å²) in [6, 6.07) is 11.9. The molecule has 110 valence electrons. The lowest BCUT2D eigenvalue weighted by Gasteiger charge is -2.27. The summed E-state index contributed by atoms with van der Waals surface area (Å²) in [5.41, 5.74) is 4.84. The molecule has 1 N–H and O–H groups in total. The Balaban J connectivity index is 1.60. The molecule has 0 saturated carbocycles. The molecular formula is C17H15N3O2. The van der Waals surface area contributed by atoms with Crippen molar-refractivity contribution in [1.82, 2.24) is 15.1 Å². The van der Waals surface area contributed by atoms with Crippen LogP contribution in [0, 0.1) is 0 Å². The smallest absolute Gasteiger partial charge is 0.227 e. The summed E-state index contributed by atoms with van der Waals surface area (Å²) in [5, 5.41) is 7.42. The number of carbonyl (C=O) groups excluding carboxylic acids is 1. The maximum atomic E-state index is 12.4. The third kappa shape index (κ3) is 2.20. The van der Waals surface area contributed by atoms with Crippen LogP contribution in [0.5, 0.6) is 0 Å². The molecule has 3 heterocycles. The fourth-order valence-corrected chi connectivity index (χ4v) is 2.85. The number of hydrogen-bond acceptors (Lipinski definition) is 3. The molecule has 1 aliphatic rings. The van der Waals surface area contributed by atoms with Gasteiger partial charge in [0.15, 0.2) is 0 Å². The van der Waals surface area contributed by atoms with Gasteiger partial charge in [0, 0.05) is 17.7 Å². The molecule has 0 radical (unpaired) electrons. The number of fused-ring (bicyclic) bond motifs is 1. The van der Waals surface area contributed by atoms with Gasteiger partial charge in [0.1, 0.15) is 0 Å². The van der Waals surface area contributed by atoms with E-state index in [1.807, 2.05) is 41.3 Å². The van der Waals surface area contributed by atoms with Gasteiger partial charge in [-0.2, -0.15) is 5.10 Å². The first-order chi connectivity index (χ1) is 10.8. The highest BCUT2D eigenvalue weighted by Gasteiger charge is 2.28. The molecule has 3 aromatic rings. The Morgan fingerprint density at radius 1 is 1.23 bits per heavy atom. The lowest BCUT2D eigenvalue weighted by Crippen LogP contribution is -2.35. The Kier molecular flexibility index (Phi) is 3.04. The summed E-state index contributed by atoms with van der Waals surface area (Å²) in [6.45, 7) is 1.19. The van der Waals surface area contributed by atoms with Crippen molar-refractivity contribution < 1.29 is 9.21 Å². The van der Waals surface area contributed by atoms with Gasteiger partial charge in [-0.15, -0.1) is 0 Å². The molecule has 4 rings (SSSR count). The highest BCUT2D eigenvalue weighted by atomic mass is 16.3. The van der Waals surface area contributed by atoms with Crippen LogP contribution in [0.15, 0.2) is 53.3 Å². The summed E-state index contributed by atoms with van der Waals surface area (Å²) in [4.78, 5) is 14.3. The van der Waals surface area contributed by atoms with E-state index in [2.05, 4.69) is 10.2 Å². The number of aromatic nitrogens is 2. The predicted molar refractivity (Wildman–Crippen MR) is 80.7 cm³/mol. The van der Waals surface area contributed by atoms with Crippen molar-refractivity contribution in [1.29, 1.82) is 0 Å². The van der Waals surface area contributed by atoms with Crippen LogP contribution >= 0.6 is 0 Å². The zero-order chi connectivity index (χ0) is 14.9. The molecule has 0 saturated heterocycles. The number of carbonyl (C=O) groups is 1. The van der Waals surface area contributed by atoms with Gasteiger partial charge >= 0.3 is 0 Å². The summed E-state index contributed by atoms with van der Waals surface area (Å²) < 4.78 is 5.11. The van der Waals surface area contributed by atoms with Crippen LogP contribution in [0.4, 0.5) is 0 Å². The Labute approximate surface area is 127 Å². The summed E-state index contributed by atoms with van der Waals surface area (Å²) in [5.74, 6) is 0.127. The van der Waals surface area contributed by atoms with Gasteiger partial charge in [0.25, 0.3) is 0 Å². The first-order valence-electron chi connectivity index (χ1n) is 7.21. The van der Waals surface area contributed by atoms with Gasteiger partial charge in [-0.25, -0.2) is 0 Å². The minimum absolute atomic E-state index is 0.127. The van der Waals surface area contributed by atoms with E-state index in [1.54, 1.807) is 12.5 Å². The minimum Gasteiger partial charge on any atom is -0.472 e. The number of rotatable bonds is 3. The normalized spacial score (nSPS) is 14.2. The van der Waals surface area contributed by atoms with Crippen LogP contribution in [-0.4, -0.2) is 21.0 Å². The van der Waals surface area contributed by atoms with Crippen molar-refractivity contribution >= 4 is 5.91 Å². The topological polar surface area (TPSA) is 62.1 Å². The first-order valence-corrected chi connectivity index (χ1v) is 7.21. The number of aromatic amines is 1. The molecular weight excluding hydrogens is 278 g/mol. The van der Waals surface area contributed by atoms with Gasteiger partial charge in [0.2, 0.25) is 5.91 Å². The Morgan fingerprint density at radius 2 is 2.09 bits per heavy atom.